The van der Waals surface area contributed by atoms with E-state index >= 15 is 0 Å². The first kappa shape index (κ1) is 16.6. The normalized spacial score (nSPS) is 17.4. The number of hydrogen-bond acceptors (Lipinski definition) is 3. The van der Waals surface area contributed by atoms with Crippen LogP contribution in [0.3, 0.4) is 0 Å². The van der Waals surface area contributed by atoms with Crippen molar-refractivity contribution in [3.8, 4) is 0 Å². The second kappa shape index (κ2) is 5.14. The fourth-order valence-electron chi connectivity index (χ4n) is 1.72. The summed E-state index contributed by atoms with van der Waals surface area (Å²) in [5.41, 5.74) is -1.98. The van der Waals surface area contributed by atoms with Gasteiger partial charge in [0.25, 0.3) is 0 Å². The van der Waals surface area contributed by atoms with Crippen molar-refractivity contribution in [2.45, 2.75) is 50.9 Å². The molecule has 0 aliphatic heterocycles. The lowest BCUT2D eigenvalue weighted by Gasteiger charge is -2.26. The quantitative estimate of drug-likeness (QED) is 0.867. The third-order valence-electron chi connectivity index (χ3n) is 2.66. The van der Waals surface area contributed by atoms with Crippen LogP contribution in [0.1, 0.15) is 33.6 Å². The second-order valence-corrected chi connectivity index (χ2v) is 5.99. The maximum absolute atomic E-state index is 12.3. The van der Waals surface area contributed by atoms with Crippen molar-refractivity contribution in [2.24, 2.45) is 0 Å². The number of carbonyl (C=O) groups excluding carboxylic acids is 2. The van der Waals surface area contributed by atoms with Crippen molar-refractivity contribution in [3.05, 3.63) is 0 Å². The van der Waals surface area contributed by atoms with Crippen molar-refractivity contribution in [1.29, 1.82) is 0 Å². The van der Waals surface area contributed by atoms with Crippen molar-refractivity contribution in [1.82, 2.24) is 10.2 Å². The van der Waals surface area contributed by atoms with Crippen LogP contribution in [0.4, 0.5) is 18.0 Å². The van der Waals surface area contributed by atoms with Gasteiger partial charge in [-0.15, -0.1) is 0 Å². The molecule has 1 fully saturated rings. The van der Waals surface area contributed by atoms with E-state index in [0.717, 1.165) is 7.05 Å². The van der Waals surface area contributed by atoms with E-state index in [1.54, 1.807) is 20.8 Å². The molecule has 2 amide bonds. The lowest BCUT2D eigenvalue weighted by atomic mass is 10.2. The topological polar surface area (TPSA) is 58.6 Å². The van der Waals surface area contributed by atoms with E-state index in [0.29, 0.717) is 17.7 Å². The molecule has 0 aromatic carbocycles. The van der Waals surface area contributed by atoms with Crippen LogP contribution >= 0.6 is 0 Å². The number of ether oxygens (including phenoxy) is 1. The summed E-state index contributed by atoms with van der Waals surface area (Å²) in [6, 6.07) is 0. The van der Waals surface area contributed by atoms with Crippen LogP contribution < -0.4 is 5.32 Å². The molecule has 0 aromatic heterocycles. The highest BCUT2D eigenvalue weighted by atomic mass is 19.4. The van der Waals surface area contributed by atoms with Crippen LogP contribution in [0.5, 0.6) is 0 Å². The van der Waals surface area contributed by atoms with Crippen molar-refractivity contribution < 1.29 is 27.5 Å². The molecule has 1 rings (SSSR count). The minimum Gasteiger partial charge on any atom is -0.444 e. The van der Waals surface area contributed by atoms with Gasteiger partial charge in [-0.1, -0.05) is 0 Å². The molecule has 0 heterocycles. The van der Waals surface area contributed by atoms with Gasteiger partial charge in [0.15, 0.2) is 0 Å². The highest BCUT2D eigenvalue weighted by molar-refractivity contribution is 5.92. The minimum atomic E-state index is -4.47. The Labute approximate surface area is 115 Å². The standard InChI is InChI=1S/C12H19F3N2O3/c1-10(2,3)20-9(19)16-11(5-6-11)8(18)17(4)7-12(13,14)15/h5-7H2,1-4H3,(H,16,19). The zero-order chi connectivity index (χ0) is 15.8. The Kier molecular flexibility index (Phi) is 4.26. The summed E-state index contributed by atoms with van der Waals surface area (Å²) >= 11 is 0. The predicted octanol–water partition coefficient (Wildman–Crippen LogP) is 2.06. The van der Waals surface area contributed by atoms with E-state index in [-0.39, 0.29) is 0 Å². The molecular weight excluding hydrogens is 277 g/mol. The molecule has 0 saturated heterocycles. The average Bonchev–Trinajstić information content (AvgIpc) is 2.91. The molecule has 0 aromatic rings. The number of amides is 2. The van der Waals surface area contributed by atoms with E-state index in [1.807, 2.05) is 0 Å². The number of halogens is 3. The maximum atomic E-state index is 12.3. The molecule has 1 aliphatic carbocycles. The number of nitrogens with one attached hydrogen (secondary N) is 1. The van der Waals surface area contributed by atoms with Crippen LogP contribution in [-0.4, -0.2) is 47.8 Å². The zero-order valence-electron chi connectivity index (χ0n) is 11.9. The van der Waals surface area contributed by atoms with E-state index in [2.05, 4.69) is 5.32 Å². The Hall–Kier alpha value is -1.47. The molecule has 0 atom stereocenters. The van der Waals surface area contributed by atoms with Gasteiger partial charge in [0.2, 0.25) is 5.91 Å². The molecule has 20 heavy (non-hydrogen) atoms. The third kappa shape index (κ3) is 4.90. The van der Waals surface area contributed by atoms with Gasteiger partial charge in [-0.2, -0.15) is 13.2 Å². The van der Waals surface area contributed by atoms with Gasteiger partial charge in [-0.05, 0) is 33.6 Å². The van der Waals surface area contributed by atoms with Crippen LogP contribution in [0, 0.1) is 0 Å². The van der Waals surface area contributed by atoms with Gasteiger partial charge in [0.05, 0.1) is 0 Å². The maximum Gasteiger partial charge on any atom is 0.408 e. The molecule has 0 radical (unpaired) electrons. The van der Waals surface area contributed by atoms with Gasteiger partial charge in [0, 0.05) is 7.05 Å². The Balaban J connectivity index is 2.61. The zero-order valence-corrected chi connectivity index (χ0v) is 11.9. The number of carbonyl (C=O) groups is 2. The summed E-state index contributed by atoms with van der Waals surface area (Å²) in [4.78, 5) is 24.1. The Morgan fingerprint density at radius 3 is 2.10 bits per heavy atom. The largest absolute Gasteiger partial charge is 0.444 e. The fraction of sp³-hybridized carbons (Fsp3) is 0.833. The van der Waals surface area contributed by atoms with Gasteiger partial charge in [-0.25, -0.2) is 4.79 Å². The second-order valence-electron chi connectivity index (χ2n) is 5.99. The highest BCUT2D eigenvalue weighted by Crippen LogP contribution is 2.37. The Morgan fingerprint density at radius 1 is 1.25 bits per heavy atom. The summed E-state index contributed by atoms with van der Waals surface area (Å²) < 4.78 is 41.8. The number of nitrogens with zero attached hydrogens (tertiary/aromatic N) is 1. The molecule has 1 aliphatic rings. The average molecular weight is 296 g/mol. The van der Waals surface area contributed by atoms with Crippen LogP contribution in [0.15, 0.2) is 0 Å². The van der Waals surface area contributed by atoms with Gasteiger partial charge in [-0.3, -0.25) is 4.79 Å². The van der Waals surface area contributed by atoms with Gasteiger partial charge in [0.1, 0.15) is 17.7 Å². The van der Waals surface area contributed by atoms with E-state index < -0.39 is 35.9 Å². The van der Waals surface area contributed by atoms with E-state index in [9.17, 15) is 22.8 Å². The monoisotopic (exact) mass is 296 g/mol. The summed E-state index contributed by atoms with van der Waals surface area (Å²) in [7, 11) is 1.06. The first-order chi connectivity index (χ1) is 8.85. The number of rotatable bonds is 3. The molecule has 5 nitrogen and oxygen atoms in total. The lowest BCUT2D eigenvalue weighted by Crippen LogP contribution is -2.52. The molecule has 8 heteroatoms. The lowest BCUT2D eigenvalue weighted by molar-refractivity contribution is -0.160. The van der Waals surface area contributed by atoms with Crippen LogP contribution in [0.25, 0.3) is 0 Å². The van der Waals surface area contributed by atoms with Gasteiger partial charge >= 0.3 is 12.3 Å². The molecule has 0 bridgehead atoms. The predicted molar refractivity (Wildman–Crippen MR) is 65.0 cm³/mol. The summed E-state index contributed by atoms with van der Waals surface area (Å²) in [5, 5.41) is 2.37. The number of alkyl halides is 3. The number of alkyl carbamates (subject to hydrolysis) is 1. The Bertz CT molecular complexity index is 398. The van der Waals surface area contributed by atoms with Crippen LogP contribution in [0.2, 0.25) is 0 Å². The molecule has 1 saturated carbocycles. The van der Waals surface area contributed by atoms with Crippen molar-refractivity contribution in [2.75, 3.05) is 13.6 Å². The highest BCUT2D eigenvalue weighted by Gasteiger charge is 2.54. The molecule has 0 unspecified atom stereocenters. The third-order valence-corrected chi connectivity index (χ3v) is 2.66. The first-order valence-electron chi connectivity index (χ1n) is 6.18. The number of hydrogen-bond donors (Lipinski definition) is 1. The molecular formula is C12H19F3N2O3. The summed E-state index contributed by atoms with van der Waals surface area (Å²) in [6.07, 6.45) is -4.64. The summed E-state index contributed by atoms with van der Waals surface area (Å²) in [5.74, 6) is -0.749. The molecule has 1 N–H and O–H groups in total. The number of likely N-dealkylation sites (N-methyl/N-ethyl adjacent to an activating group) is 1. The van der Waals surface area contributed by atoms with Crippen LogP contribution in [-0.2, 0) is 9.53 Å². The molecule has 116 valence electrons. The fourth-order valence-corrected chi connectivity index (χ4v) is 1.72. The van der Waals surface area contributed by atoms with Gasteiger partial charge < -0.3 is 15.0 Å². The molecule has 0 spiro atoms. The Morgan fingerprint density at radius 2 is 1.75 bits per heavy atom. The van der Waals surface area contributed by atoms with Crippen molar-refractivity contribution >= 4 is 12.0 Å². The SMILES string of the molecule is CN(CC(F)(F)F)C(=O)C1(NC(=O)OC(C)(C)C)CC1. The minimum absolute atomic E-state index is 0.313. The first-order valence-corrected chi connectivity index (χ1v) is 6.18. The van der Waals surface area contributed by atoms with E-state index in [1.165, 1.54) is 0 Å². The van der Waals surface area contributed by atoms with Crippen molar-refractivity contribution in [3.63, 3.8) is 0 Å². The smallest absolute Gasteiger partial charge is 0.408 e. The summed E-state index contributed by atoms with van der Waals surface area (Å²) in [6.45, 7) is 3.63. The van der Waals surface area contributed by atoms with E-state index in [4.69, 9.17) is 4.74 Å².